The van der Waals surface area contributed by atoms with Gasteiger partial charge in [-0.15, -0.1) is 10.2 Å². The number of H-pyrrole nitrogens is 1. The Labute approximate surface area is 162 Å². The predicted octanol–water partition coefficient (Wildman–Crippen LogP) is 3.92. The first kappa shape index (κ1) is 16.0. The number of nitrogens with zero attached hydrogens (tertiary/aromatic N) is 5. The van der Waals surface area contributed by atoms with Crippen LogP contribution in [0.5, 0.6) is 0 Å². The Balaban J connectivity index is 1.84. The zero-order valence-corrected chi connectivity index (χ0v) is 15.9. The van der Waals surface area contributed by atoms with E-state index < -0.39 is 0 Å². The Bertz CT molecular complexity index is 1320. The van der Waals surface area contributed by atoms with Crippen LogP contribution in [0.2, 0.25) is 0 Å². The summed E-state index contributed by atoms with van der Waals surface area (Å²) in [6, 6.07) is 9.99. The maximum Gasteiger partial charge on any atom is 0.240 e. The van der Waals surface area contributed by atoms with Crippen molar-refractivity contribution in [3.05, 3.63) is 53.4 Å². The van der Waals surface area contributed by atoms with Gasteiger partial charge >= 0.3 is 0 Å². The molecule has 0 saturated heterocycles. The normalized spacial score (nSPS) is 11.5. The SMILES string of the molecule is Cn1cc(-c2nc(N)nnc2-c2c[nH]c3ccc(Br)cc23)c2cccnc21. The highest BCUT2D eigenvalue weighted by Crippen LogP contribution is 2.37. The van der Waals surface area contributed by atoms with Crippen LogP contribution in [0.4, 0.5) is 5.95 Å². The lowest BCUT2D eigenvalue weighted by atomic mass is 10.0. The average molecular weight is 420 g/mol. The van der Waals surface area contributed by atoms with E-state index in [1.807, 2.05) is 54.3 Å². The van der Waals surface area contributed by atoms with E-state index in [0.29, 0.717) is 11.4 Å². The Morgan fingerprint density at radius 2 is 1.96 bits per heavy atom. The molecule has 0 aliphatic rings. The van der Waals surface area contributed by atoms with Gasteiger partial charge < -0.3 is 15.3 Å². The molecule has 1 aromatic carbocycles. The zero-order chi connectivity index (χ0) is 18.5. The van der Waals surface area contributed by atoms with Crippen molar-refractivity contribution in [1.82, 2.24) is 29.7 Å². The quantitative estimate of drug-likeness (QED) is 0.451. The van der Waals surface area contributed by atoms with Gasteiger partial charge in [-0.25, -0.2) is 9.97 Å². The van der Waals surface area contributed by atoms with Gasteiger partial charge in [0.05, 0.1) is 0 Å². The van der Waals surface area contributed by atoms with E-state index in [2.05, 4.69) is 41.1 Å². The largest absolute Gasteiger partial charge is 0.366 e. The molecule has 0 aliphatic carbocycles. The molecule has 5 rings (SSSR count). The minimum absolute atomic E-state index is 0.135. The molecule has 0 unspecified atom stereocenters. The summed E-state index contributed by atoms with van der Waals surface area (Å²) in [7, 11) is 1.96. The molecule has 132 valence electrons. The molecule has 0 aliphatic heterocycles. The Hall–Kier alpha value is -3.26. The van der Waals surface area contributed by atoms with Gasteiger partial charge in [0, 0.05) is 57.5 Å². The van der Waals surface area contributed by atoms with Crippen LogP contribution in [-0.2, 0) is 7.05 Å². The number of aryl methyl sites for hydroxylation is 1. The Kier molecular flexibility index (Phi) is 3.48. The van der Waals surface area contributed by atoms with Gasteiger partial charge in [0.1, 0.15) is 17.0 Å². The Morgan fingerprint density at radius 3 is 2.85 bits per heavy atom. The van der Waals surface area contributed by atoms with Crippen LogP contribution in [0.15, 0.2) is 53.4 Å². The van der Waals surface area contributed by atoms with Crippen molar-refractivity contribution in [3.8, 4) is 22.5 Å². The van der Waals surface area contributed by atoms with Crippen LogP contribution in [0.25, 0.3) is 44.5 Å². The van der Waals surface area contributed by atoms with Crippen LogP contribution in [0.3, 0.4) is 0 Å². The van der Waals surface area contributed by atoms with E-state index in [4.69, 9.17) is 5.73 Å². The minimum atomic E-state index is 0.135. The fourth-order valence-electron chi connectivity index (χ4n) is 3.40. The number of aromatic nitrogens is 6. The molecular weight excluding hydrogens is 406 g/mol. The molecule has 5 aromatic rings. The van der Waals surface area contributed by atoms with Gasteiger partial charge in [-0.2, -0.15) is 0 Å². The van der Waals surface area contributed by atoms with Crippen molar-refractivity contribution < 1.29 is 0 Å². The number of pyridine rings is 1. The van der Waals surface area contributed by atoms with Crippen molar-refractivity contribution in [2.24, 2.45) is 7.05 Å². The van der Waals surface area contributed by atoms with Crippen LogP contribution < -0.4 is 5.73 Å². The number of halogens is 1. The molecule has 0 bridgehead atoms. The topological polar surface area (TPSA) is 98.3 Å². The number of nitrogen functional groups attached to an aromatic ring is 1. The number of fused-ring (bicyclic) bond motifs is 2. The van der Waals surface area contributed by atoms with Crippen molar-refractivity contribution >= 4 is 43.8 Å². The lowest BCUT2D eigenvalue weighted by molar-refractivity contribution is 0.947. The van der Waals surface area contributed by atoms with Crippen molar-refractivity contribution in [3.63, 3.8) is 0 Å². The molecule has 0 spiro atoms. The van der Waals surface area contributed by atoms with Crippen molar-refractivity contribution in [1.29, 1.82) is 0 Å². The molecule has 4 heterocycles. The molecule has 7 nitrogen and oxygen atoms in total. The summed E-state index contributed by atoms with van der Waals surface area (Å²) < 4.78 is 2.96. The van der Waals surface area contributed by atoms with Gasteiger partial charge in [0.25, 0.3) is 0 Å². The van der Waals surface area contributed by atoms with Crippen molar-refractivity contribution in [2.75, 3.05) is 5.73 Å². The molecule has 0 saturated carbocycles. The van der Waals surface area contributed by atoms with Crippen LogP contribution >= 0.6 is 15.9 Å². The first-order valence-corrected chi connectivity index (χ1v) is 9.09. The highest BCUT2D eigenvalue weighted by atomic mass is 79.9. The maximum atomic E-state index is 5.88. The van der Waals surface area contributed by atoms with Gasteiger partial charge in [-0.3, -0.25) is 0 Å². The molecule has 3 N–H and O–H groups in total. The van der Waals surface area contributed by atoms with Crippen LogP contribution in [-0.4, -0.2) is 29.7 Å². The highest BCUT2D eigenvalue weighted by molar-refractivity contribution is 9.10. The summed E-state index contributed by atoms with van der Waals surface area (Å²) in [4.78, 5) is 12.3. The van der Waals surface area contributed by atoms with E-state index in [1.165, 1.54) is 0 Å². The van der Waals surface area contributed by atoms with Gasteiger partial charge in [0.2, 0.25) is 5.95 Å². The molecule has 0 radical (unpaired) electrons. The standard InChI is InChI=1S/C19H14BrN7/c1-27-9-14(11-3-2-6-22-18(11)27)16-17(25-26-19(21)24-16)13-8-23-15-5-4-10(20)7-12(13)15/h2-9,23H,1H3,(H2,21,24,26). The number of hydrogen-bond acceptors (Lipinski definition) is 5. The molecule has 0 atom stereocenters. The summed E-state index contributed by atoms with van der Waals surface area (Å²) in [5.41, 5.74) is 11.0. The summed E-state index contributed by atoms with van der Waals surface area (Å²) in [6.45, 7) is 0. The van der Waals surface area contributed by atoms with Crippen LogP contribution in [0.1, 0.15) is 0 Å². The maximum absolute atomic E-state index is 5.88. The third-order valence-corrected chi connectivity index (χ3v) is 5.08. The Morgan fingerprint density at radius 1 is 1.07 bits per heavy atom. The summed E-state index contributed by atoms with van der Waals surface area (Å²) in [5, 5.41) is 10.4. The highest BCUT2D eigenvalue weighted by Gasteiger charge is 2.20. The second kappa shape index (κ2) is 5.88. The van der Waals surface area contributed by atoms with E-state index in [-0.39, 0.29) is 5.95 Å². The van der Waals surface area contributed by atoms with Crippen LogP contribution in [0, 0.1) is 0 Å². The average Bonchev–Trinajstić information content (AvgIpc) is 3.23. The number of anilines is 1. The third-order valence-electron chi connectivity index (χ3n) is 4.59. The van der Waals surface area contributed by atoms with Gasteiger partial charge in [-0.1, -0.05) is 15.9 Å². The summed E-state index contributed by atoms with van der Waals surface area (Å²) in [5.74, 6) is 0.135. The van der Waals surface area contributed by atoms with Crippen molar-refractivity contribution in [2.45, 2.75) is 0 Å². The zero-order valence-electron chi connectivity index (χ0n) is 14.3. The summed E-state index contributed by atoms with van der Waals surface area (Å²) >= 11 is 3.54. The molecule has 8 heteroatoms. The van der Waals surface area contributed by atoms with Gasteiger partial charge in [0.15, 0.2) is 0 Å². The number of hydrogen-bond donors (Lipinski definition) is 2. The first-order chi connectivity index (χ1) is 13.1. The molecular formula is C19H14BrN7. The minimum Gasteiger partial charge on any atom is -0.366 e. The number of aromatic amines is 1. The third kappa shape index (κ3) is 2.48. The van der Waals surface area contributed by atoms with E-state index in [1.54, 1.807) is 6.20 Å². The van der Waals surface area contributed by atoms with E-state index in [9.17, 15) is 0 Å². The lowest BCUT2D eigenvalue weighted by Gasteiger charge is -2.06. The summed E-state index contributed by atoms with van der Waals surface area (Å²) in [6.07, 6.45) is 5.69. The second-order valence-corrected chi connectivity index (χ2v) is 7.20. The number of nitrogens with one attached hydrogen (secondary N) is 1. The first-order valence-electron chi connectivity index (χ1n) is 8.29. The molecule has 4 aromatic heterocycles. The predicted molar refractivity (Wildman–Crippen MR) is 109 cm³/mol. The number of benzene rings is 1. The molecule has 27 heavy (non-hydrogen) atoms. The number of nitrogens with two attached hydrogens (primary N) is 1. The molecule has 0 fully saturated rings. The second-order valence-electron chi connectivity index (χ2n) is 6.29. The fourth-order valence-corrected chi connectivity index (χ4v) is 3.76. The van der Waals surface area contributed by atoms with Gasteiger partial charge in [-0.05, 0) is 30.3 Å². The number of rotatable bonds is 2. The van der Waals surface area contributed by atoms with E-state index >= 15 is 0 Å². The van der Waals surface area contributed by atoms with E-state index in [0.717, 1.165) is 37.5 Å². The monoisotopic (exact) mass is 419 g/mol. The lowest BCUT2D eigenvalue weighted by Crippen LogP contribution is -2.02. The fraction of sp³-hybridized carbons (Fsp3) is 0.0526. The molecule has 0 amide bonds. The smallest absolute Gasteiger partial charge is 0.240 e.